The number of fused-ring (bicyclic) bond motifs is 1. The third-order valence-corrected chi connectivity index (χ3v) is 6.38. The van der Waals surface area contributed by atoms with Crippen LogP contribution in [0.5, 0.6) is 5.75 Å². The average molecular weight is 491 g/mol. The first kappa shape index (κ1) is 24.9. The molecule has 3 aliphatic rings. The molecule has 0 radical (unpaired) electrons. The number of amides is 3. The van der Waals surface area contributed by atoms with Gasteiger partial charge in [-0.25, -0.2) is 0 Å². The fourth-order valence-corrected chi connectivity index (χ4v) is 4.65. The Bertz CT molecular complexity index is 971. The predicted octanol–water partition coefficient (Wildman–Crippen LogP) is -0.395. The van der Waals surface area contributed by atoms with E-state index < -0.39 is 54.3 Å². The van der Waals surface area contributed by atoms with Gasteiger partial charge in [-0.05, 0) is 56.9 Å². The minimum atomic E-state index is -1.00. The van der Waals surface area contributed by atoms with Crippen LogP contribution in [0, 0.1) is 0 Å². The molecule has 4 N–H and O–H groups in total. The van der Waals surface area contributed by atoms with E-state index in [-0.39, 0.29) is 30.6 Å². The van der Waals surface area contributed by atoms with E-state index in [1.807, 2.05) is 0 Å². The van der Waals surface area contributed by atoms with Crippen molar-refractivity contribution in [3.8, 4) is 5.75 Å². The van der Waals surface area contributed by atoms with Crippen molar-refractivity contribution in [3.63, 3.8) is 0 Å². The molecular formula is C23H30N4O8. The number of nitrogens with zero attached hydrogens (tertiary/aromatic N) is 2. The fraction of sp³-hybridized carbons (Fsp3) is 0.565. The Kier molecular flexibility index (Phi) is 7.53. The topological polar surface area (TPSA) is 158 Å². The molecule has 5 atom stereocenters. The van der Waals surface area contributed by atoms with Crippen LogP contribution in [0.2, 0.25) is 0 Å². The van der Waals surface area contributed by atoms with Crippen molar-refractivity contribution < 1.29 is 38.9 Å². The van der Waals surface area contributed by atoms with Crippen LogP contribution >= 0.6 is 0 Å². The van der Waals surface area contributed by atoms with E-state index in [0.29, 0.717) is 26.0 Å². The lowest BCUT2D eigenvalue weighted by Crippen LogP contribution is -2.65. The third-order valence-electron chi connectivity index (χ3n) is 6.38. The second-order valence-corrected chi connectivity index (χ2v) is 8.77. The normalized spacial score (nSPS) is 29.2. The van der Waals surface area contributed by atoms with Crippen molar-refractivity contribution in [3.05, 3.63) is 29.8 Å². The monoisotopic (exact) mass is 490 g/mol. The number of cyclic esters (lactones) is 1. The number of hydrogen-bond donors (Lipinski definition) is 4. The lowest BCUT2D eigenvalue weighted by Gasteiger charge is -2.44. The summed E-state index contributed by atoms with van der Waals surface area (Å²) in [5.41, 5.74) is 0.262. The molecule has 0 aromatic heterocycles. The molecule has 1 aromatic rings. The molecule has 0 aliphatic carbocycles. The number of aliphatic hydroxyl groups excluding tert-OH is 1. The summed E-state index contributed by atoms with van der Waals surface area (Å²) in [6.07, 6.45) is -0.638. The summed E-state index contributed by atoms with van der Waals surface area (Å²) in [5, 5.41) is 28.3. The molecule has 3 fully saturated rings. The summed E-state index contributed by atoms with van der Waals surface area (Å²) in [6.45, 7) is 2.41. The standard InChI is InChI=1S/C23H30N4O8/c1-2-34-23-16(12-19(30)35-23)25-21(32)17-4-3-11-26-18(29)10-9-15(22(33)27(17)26)24-20(31)13-5-7-14(28)8-6-13/h5-8,15-18,23,28-29H,2-4,9-12H2,1H3,(H,24,31)(H,25,32)/t15-,16-,17-,18?,23+/m0/s1. The zero-order chi connectivity index (χ0) is 25.1. The highest BCUT2D eigenvalue weighted by atomic mass is 16.7. The van der Waals surface area contributed by atoms with Crippen molar-refractivity contribution in [1.29, 1.82) is 0 Å². The molecule has 3 aliphatic heterocycles. The van der Waals surface area contributed by atoms with Gasteiger partial charge in [0.05, 0.1) is 6.42 Å². The molecule has 12 nitrogen and oxygen atoms in total. The molecule has 3 saturated heterocycles. The van der Waals surface area contributed by atoms with Crippen LogP contribution in [-0.4, -0.2) is 87.7 Å². The lowest BCUT2D eigenvalue weighted by molar-refractivity contribution is -0.192. The molecule has 4 rings (SSSR count). The number of aliphatic hydroxyl groups is 1. The van der Waals surface area contributed by atoms with Crippen molar-refractivity contribution in [2.24, 2.45) is 0 Å². The largest absolute Gasteiger partial charge is 0.508 e. The van der Waals surface area contributed by atoms with E-state index in [0.717, 1.165) is 0 Å². The number of hydrazine groups is 1. The second-order valence-electron chi connectivity index (χ2n) is 8.77. The first-order valence-electron chi connectivity index (χ1n) is 11.8. The molecule has 12 heteroatoms. The fourth-order valence-electron chi connectivity index (χ4n) is 4.65. The SMILES string of the molecule is CCO[C@@H]1OC(=O)C[C@@H]1NC(=O)[C@@H]1CCCN2C(O)CC[C@H](NC(=O)c3ccc(O)cc3)C(=O)N12. The van der Waals surface area contributed by atoms with Crippen molar-refractivity contribution in [1.82, 2.24) is 20.7 Å². The highest BCUT2D eigenvalue weighted by Gasteiger charge is 2.46. The number of carbonyl (C=O) groups excluding carboxylic acids is 4. The Morgan fingerprint density at radius 3 is 2.60 bits per heavy atom. The number of ether oxygens (including phenoxy) is 2. The van der Waals surface area contributed by atoms with Gasteiger partial charge in [-0.3, -0.25) is 24.2 Å². The average Bonchev–Trinajstić information content (AvgIpc) is 3.13. The molecule has 3 heterocycles. The maximum absolute atomic E-state index is 13.6. The number of nitrogens with one attached hydrogen (secondary N) is 2. The Hall–Kier alpha value is -3.22. The van der Waals surface area contributed by atoms with Gasteiger partial charge in [-0.1, -0.05) is 0 Å². The molecule has 190 valence electrons. The summed E-state index contributed by atoms with van der Waals surface area (Å²) in [7, 11) is 0. The van der Waals surface area contributed by atoms with E-state index in [4.69, 9.17) is 9.47 Å². The number of rotatable bonds is 6. The quantitative estimate of drug-likeness (QED) is 0.390. The number of esters is 1. The summed E-state index contributed by atoms with van der Waals surface area (Å²) in [5.74, 6) is -1.99. The van der Waals surface area contributed by atoms with E-state index in [1.54, 1.807) is 6.92 Å². The Labute approximate surface area is 202 Å². The van der Waals surface area contributed by atoms with Crippen molar-refractivity contribution in [2.75, 3.05) is 13.2 Å². The zero-order valence-corrected chi connectivity index (χ0v) is 19.4. The van der Waals surface area contributed by atoms with Gasteiger partial charge in [0.2, 0.25) is 12.2 Å². The molecule has 3 amide bonds. The summed E-state index contributed by atoms with van der Waals surface area (Å²) in [4.78, 5) is 51.3. The van der Waals surface area contributed by atoms with E-state index in [9.17, 15) is 29.4 Å². The number of aromatic hydroxyl groups is 1. The minimum Gasteiger partial charge on any atom is -0.508 e. The Balaban J connectivity index is 1.51. The van der Waals surface area contributed by atoms with Gasteiger partial charge in [-0.2, -0.15) is 5.01 Å². The lowest BCUT2D eigenvalue weighted by atomic mass is 10.0. The number of carbonyl (C=O) groups is 4. The van der Waals surface area contributed by atoms with Gasteiger partial charge < -0.3 is 30.3 Å². The Morgan fingerprint density at radius 2 is 1.89 bits per heavy atom. The minimum absolute atomic E-state index is 0.00830. The van der Waals surface area contributed by atoms with Crippen LogP contribution in [-0.2, 0) is 23.9 Å². The number of hydrogen-bond acceptors (Lipinski definition) is 9. The maximum atomic E-state index is 13.6. The van der Waals surface area contributed by atoms with Gasteiger partial charge in [0, 0.05) is 18.7 Å². The molecule has 0 saturated carbocycles. The van der Waals surface area contributed by atoms with Crippen LogP contribution in [0.3, 0.4) is 0 Å². The van der Waals surface area contributed by atoms with E-state index in [1.165, 1.54) is 34.3 Å². The molecule has 35 heavy (non-hydrogen) atoms. The summed E-state index contributed by atoms with van der Waals surface area (Å²) < 4.78 is 10.5. The summed E-state index contributed by atoms with van der Waals surface area (Å²) in [6, 6.07) is 3.02. The molecule has 1 aromatic carbocycles. The zero-order valence-electron chi connectivity index (χ0n) is 19.4. The van der Waals surface area contributed by atoms with Crippen LogP contribution in [0.25, 0.3) is 0 Å². The molecule has 1 unspecified atom stereocenters. The van der Waals surface area contributed by atoms with Crippen LogP contribution in [0.4, 0.5) is 0 Å². The van der Waals surface area contributed by atoms with Crippen LogP contribution < -0.4 is 10.6 Å². The maximum Gasteiger partial charge on any atom is 0.310 e. The van der Waals surface area contributed by atoms with Crippen molar-refractivity contribution in [2.45, 2.75) is 69.7 Å². The van der Waals surface area contributed by atoms with Gasteiger partial charge in [0.25, 0.3) is 11.8 Å². The first-order chi connectivity index (χ1) is 16.8. The second kappa shape index (κ2) is 10.6. The highest BCUT2D eigenvalue weighted by molar-refractivity contribution is 5.98. The van der Waals surface area contributed by atoms with Crippen molar-refractivity contribution >= 4 is 23.7 Å². The van der Waals surface area contributed by atoms with Gasteiger partial charge in [0.1, 0.15) is 30.1 Å². The predicted molar refractivity (Wildman–Crippen MR) is 119 cm³/mol. The van der Waals surface area contributed by atoms with Crippen LogP contribution in [0.1, 0.15) is 49.4 Å². The number of phenols is 1. The molecular weight excluding hydrogens is 460 g/mol. The van der Waals surface area contributed by atoms with Gasteiger partial charge in [-0.15, -0.1) is 0 Å². The van der Waals surface area contributed by atoms with E-state index >= 15 is 0 Å². The summed E-state index contributed by atoms with van der Waals surface area (Å²) >= 11 is 0. The smallest absolute Gasteiger partial charge is 0.310 e. The highest BCUT2D eigenvalue weighted by Crippen LogP contribution is 2.28. The van der Waals surface area contributed by atoms with E-state index in [2.05, 4.69) is 10.6 Å². The number of benzene rings is 1. The third kappa shape index (κ3) is 5.39. The van der Waals surface area contributed by atoms with Gasteiger partial charge >= 0.3 is 5.97 Å². The molecule has 0 bridgehead atoms. The Morgan fingerprint density at radius 1 is 1.14 bits per heavy atom. The molecule has 0 spiro atoms. The van der Waals surface area contributed by atoms with Gasteiger partial charge in [0.15, 0.2) is 0 Å². The number of phenolic OH excluding ortho intramolecular Hbond substituents is 1. The van der Waals surface area contributed by atoms with Crippen LogP contribution in [0.15, 0.2) is 24.3 Å². The first-order valence-corrected chi connectivity index (χ1v) is 11.8.